The molecule has 0 saturated carbocycles. The average Bonchev–Trinajstić information content (AvgIpc) is 2.57. The van der Waals surface area contributed by atoms with E-state index in [9.17, 15) is 14.0 Å². The molecule has 2 aromatic rings. The topological polar surface area (TPSA) is 49.4 Å². The molecule has 0 aliphatic carbocycles. The molecular formula is C21H23FN2O2. The van der Waals surface area contributed by atoms with E-state index >= 15 is 0 Å². The maximum absolute atomic E-state index is 13.2. The molecule has 1 heterocycles. The molecule has 0 aromatic heterocycles. The van der Waals surface area contributed by atoms with Crippen LogP contribution >= 0.6 is 0 Å². The molecule has 0 bridgehead atoms. The van der Waals surface area contributed by atoms with Crippen molar-refractivity contribution in [2.75, 3.05) is 16.8 Å². The van der Waals surface area contributed by atoms with E-state index in [-0.39, 0.29) is 24.1 Å². The van der Waals surface area contributed by atoms with Gasteiger partial charge in [0.15, 0.2) is 0 Å². The Hall–Kier alpha value is -2.69. The first-order chi connectivity index (χ1) is 12.4. The molecule has 26 heavy (non-hydrogen) atoms. The van der Waals surface area contributed by atoms with Gasteiger partial charge in [0, 0.05) is 24.3 Å². The number of anilines is 2. The van der Waals surface area contributed by atoms with Crippen LogP contribution < -0.4 is 10.2 Å². The zero-order valence-electron chi connectivity index (χ0n) is 15.1. The number of nitrogens with one attached hydrogen (secondary N) is 1. The third kappa shape index (κ3) is 4.28. The summed E-state index contributed by atoms with van der Waals surface area (Å²) in [6.45, 7) is 4.86. The molecule has 0 atom stereocenters. The van der Waals surface area contributed by atoms with Crippen LogP contribution in [0.2, 0.25) is 0 Å². The predicted molar refractivity (Wildman–Crippen MR) is 101 cm³/mol. The molecule has 0 unspecified atom stereocenters. The van der Waals surface area contributed by atoms with Crippen LogP contribution in [0, 0.1) is 11.7 Å². The molecule has 0 spiro atoms. The molecule has 4 nitrogen and oxygen atoms in total. The number of amides is 2. The monoisotopic (exact) mass is 354 g/mol. The minimum Gasteiger partial charge on any atom is -0.326 e. The summed E-state index contributed by atoms with van der Waals surface area (Å²) in [6.07, 6.45) is 1.28. The highest BCUT2D eigenvalue weighted by atomic mass is 19.1. The lowest BCUT2D eigenvalue weighted by molar-refractivity contribution is -0.119. The summed E-state index contributed by atoms with van der Waals surface area (Å²) in [6, 6.07) is 11.7. The number of aryl methyl sites for hydroxylation is 1. The molecule has 2 amide bonds. The Labute approximate surface area is 153 Å². The summed E-state index contributed by atoms with van der Waals surface area (Å²) in [5.41, 5.74) is 3.32. The second kappa shape index (κ2) is 7.68. The van der Waals surface area contributed by atoms with Gasteiger partial charge in [0.25, 0.3) is 0 Å². The number of nitrogens with zero attached hydrogens (tertiary/aromatic N) is 1. The van der Waals surface area contributed by atoms with E-state index < -0.39 is 0 Å². The zero-order chi connectivity index (χ0) is 18.7. The Balaban J connectivity index is 1.72. The van der Waals surface area contributed by atoms with Crippen molar-refractivity contribution in [3.63, 3.8) is 0 Å². The Bertz CT molecular complexity index is 833. The van der Waals surface area contributed by atoms with Crippen molar-refractivity contribution in [3.8, 4) is 0 Å². The quantitative estimate of drug-likeness (QED) is 0.884. The molecule has 1 N–H and O–H groups in total. The summed E-state index contributed by atoms with van der Waals surface area (Å²) in [5.74, 6) is -0.00917. The number of carbonyl (C=O) groups excluding carboxylic acids is 2. The van der Waals surface area contributed by atoms with Crippen LogP contribution in [0.4, 0.5) is 15.8 Å². The van der Waals surface area contributed by atoms with Crippen LogP contribution in [0.3, 0.4) is 0 Å². The molecule has 0 fully saturated rings. The fourth-order valence-electron chi connectivity index (χ4n) is 3.24. The number of carbonyl (C=O) groups is 2. The zero-order valence-corrected chi connectivity index (χ0v) is 15.1. The van der Waals surface area contributed by atoms with E-state index in [1.54, 1.807) is 12.1 Å². The molecular weight excluding hydrogens is 331 g/mol. The largest absolute Gasteiger partial charge is 0.326 e. The SMILES string of the molecule is CC(C)CN1C(=O)CCc2cc(NC(=O)Cc3cccc(F)c3)ccc21. The Kier molecular flexibility index (Phi) is 5.35. The van der Waals surface area contributed by atoms with Gasteiger partial charge in [-0.15, -0.1) is 0 Å². The third-order valence-corrected chi connectivity index (χ3v) is 4.36. The number of hydrogen-bond donors (Lipinski definition) is 1. The van der Waals surface area contributed by atoms with Gasteiger partial charge in [0.05, 0.1) is 6.42 Å². The maximum Gasteiger partial charge on any atom is 0.228 e. The van der Waals surface area contributed by atoms with Gasteiger partial charge >= 0.3 is 0 Å². The molecule has 3 rings (SSSR count). The lowest BCUT2D eigenvalue weighted by Crippen LogP contribution is -2.37. The van der Waals surface area contributed by atoms with Gasteiger partial charge < -0.3 is 10.2 Å². The van der Waals surface area contributed by atoms with Gasteiger partial charge in [-0.1, -0.05) is 26.0 Å². The summed E-state index contributed by atoms with van der Waals surface area (Å²) >= 11 is 0. The first-order valence-corrected chi connectivity index (χ1v) is 8.90. The minimum atomic E-state index is -0.348. The van der Waals surface area contributed by atoms with Crippen molar-refractivity contribution in [2.24, 2.45) is 5.92 Å². The molecule has 0 radical (unpaired) electrons. The van der Waals surface area contributed by atoms with Crippen molar-refractivity contribution in [2.45, 2.75) is 33.1 Å². The van der Waals surface area contributed by atoms with Crippen molar-refractivity contribution < 1.29 is 14.0 Å². The number of hydrogen-bond acceptors (Lipinski definition) is 2. The number of benzene rings is 2. The van der Waals surface area contributed by atoms with Gasteiger partial charge in [0.1, 0.15) is 5.82 Å². The summed E-state index contributed by atoms with van der Waals surface area (Å²) < 4.78 is 13.2. The second-order valence-electron chi connectivity index (χ2n) is 7.10. The van der Waals surface area contributed by atoms with Crippen molar-refractivity contribution in [1.82, 2.24) is 0 Å². The lowest BCUT2D eigenvalue weighted by atomic mass is 9.99. The fourth-order valence-corrected chi connectivity index (χ4v) is 3.24. The van der Waals surface area contributed by atoms with Gasteiger partial charge in [-0.05, 0) is 53.8 Å². The van der Waals surface area contributed by atoms with Crippen LogP contribution in [0.1, 0.15) is 31.4 Å². The molecule has 0 saturated heterocycles. The lowest BCUT2D eigenvalue weighted by Gasteiger charge is -2.31. The molecule has 5 heteroatoms. The summed E-state index contributed by atoms with van der Waals surface area (Å²) in [4.78, 5) is 26.3. The van der Waals surface area contributed by atoms with E-state index in [0.29, 0.717) is 36.6 Å². The maximum atomic E-state index is 13.2. The highest BCUT2D eigenvalue weighted by Gasteiger charge is 2.24. The average molecular weight is 354 g/mol. The van der Waals surface area contributed by atoms with Gasteiger partial charge in [0.2, 0.25) is 11.8 Å². The third-order valence-electron chi connectivity index (χ3n) is 4.36. The normalized spacial score (nSPS) is 13.7. The van der Waals surface area contributed by atoms with Crippen molar-refractivity contribution in [1.29, 1.82) is 0 Å². The van der Waals surface area contributed by atoms with Crippen LogP contribution in [-0.2, 0) is 22.4 Å². The van der Waals surface area contributed by atoms with Crippen molar-refractivity contribution >= 4 is 23.2 Å². The first-order valence-electron chi connectivity index (χ1n) is 8.90. The predicted octanol–water partition coefficient (Wildman–Crippen LogP) is 3.94. The van der Waals surface area contributed by atoms with E-state index in [1.165, 1.54) is 12.1 Å². The van der Waals surface area contributed by atoms with E-state index in [2.05, 4.69) is 19.2 Å². The Morgan fingerprint density at radius 2 is 2.00 bits per heavy atom. The molecule has 2 aromatic carbocycles. The van der Waals surface area contributed by atoms with Crippen molar-refractivity contribution in [3.05, 3.63) is 59.4 Å². The van der Waals surface area contributed by atoms with Gasteiger partial charge in [-0.3, -0.25) is 9.59 Å². The first kappa shape index (κ1) is 18.1. The van der Waals surface area contributed by atoms with Crippen LogP contribution in [-0.4, -0.2) is 18.4 Å². The standard InChI is InChI=1S/C21H23FN2O2/c1-14(2)13-24-19-8-7-18(12-16(19)6-9-21(24)26)23-20(25)11-15-4-3-5-17(22)10-15/h3-5,7-8,10,12,14H,6,9,11,13H2,1-2H3,(H,23,25). The number of rotatable bonds is 5. The minimum absolute atomic E-state index is 0.118. The fraction of sp³-hybridized carbons (Fsp3) is 0.333. The van der Waals surface area contributed by atoms with E-state index in [4.69, 9.17) is 0 Å². The summed E-state index contributed by atoms with van der Waals surface area (Å²) in [5, 5.41) is 2.86. The van der Waals surface area contributed by atoms with Gasteiger partial charge in [-0.25, -0.2) is 4.39 Å². The molecule has 1 aliphatic rings. The number of fused-ring (bicyclic) bond motifs is 1. The molecule has 1 aliphatic heterocycles. The Morgan fingerprint density at radius 3 is 2.73 bits per heavy atom. The Morgan fingerprint density at radius 1 is 1.19 bits per heavy atom. The van der Waals surface area contributed by atoms with E-state index in [0.717, 1.165) is 11.3 Å². The van der Waals surface area contributed by atoms with E-state index in [1.807, 2.05) is 23.1 Å². The summed E-state index contributed by atoms with van der Waals surface area (Å²) in [7, 11) is 0. The smallest absolute Gasteiger partial charge is 0.228 e. The van der Waals surface area contributed by atoms with Crippen LogP contribution in [0.25, 0.3) is 0 Å². The highest BCUT2D eigenvalue weighted by Crippen LogP contribution is 2.31. The second-order valence-corrected chi connectivity index (χ2v) is 7.10. The van der Waals surface area contributed by atoms with Crippen LogP contribution in [0.15, 0.2) is 42.5 Å². The number of halogens is 1. The molecule has 136 valence electrons. The van der Waals surface area contributed by atoms with Gasteiger partial charge in [-0.2, -0.15) is 0 Å². The van der Waals surface area contributed by atoms with Crippen LogP contribution in [0.5, 0.6) is 0 Å². The highest BCUT2D eigenvalue weighted by molar-refractivity contribution is 5.98.